The highest BCUT2D eigenvalue weighted by Gasteiger charge is 2.75. The van der Waals surface area contributed by atoms with Crippen molar-refractivity contribution in [3.63, 3.8) is 0 Å². The number of nitrogens with zero attached hydrogens (tertiary/aromatic N) is 3. The number of rotatable bonds is 17. The smallest absolute Gasteiger partial charge is 0.313 e. The number of hydrogen-bond acceptors (Lipinski definition) is 7. The lowest BCUT2D eigenvalue weighted by Gasteiger charge is -2.37. The zero-order chi connectivity index (χ0) is 37.7. The molecule has 53 heavy (non-hydrogen) atoms. The number of aliphatic hydroxyl groups is 1. The van der Waals surface area contributed by atoms with Gasteiger partial charge < -0.3 is 29.3 Å². The number of ether oxygens (including phenoxy) is 2. The predicted molar refractivity (Wildman–Crippen MR) is 204 cm³/mol. The van der Waals surface area contributed by atoms with Crippen LogP contribution in [0.5, 0.6) is 0 Å². The summed E-state index contributed by atoms with van der Waals surface area (Å²) in [5, 5.41) is 11.5. The van der Waals surface area contributed by atoms with Crippen LogP contribution in [-0.4, -0.2) is 89.1 Å². The van der Waals surface area contributed by atoms with Gasteiger partial charge in [0.15, 0.2) is 0 Å². The summed E-state index contributed by atoms with van der Waals surface area (Å²) >= 11 is 0. The molecule has 7 atom stereocenters. The molecule has 0 saturated carbocycles. The largest absolute Gasteiger partial charge is 0.455 e. The molecule has 3 saturated heterocycles. The number of allylic oxidation sites excluding steroid dienone is 1. The average Bonchev–Trinajstić information content (AvgIpc) is 3.83. The van der Waals surface area contributed by atoms with Crippen molar-refractivity contribution in [2.75, 3.05) is 31.6 Å². The van der Waals surface area contributed by atoms with Gasteiger partial charge in [-0.05, 0) is 73.9 Å². The zero-order valence-corrected chi connectivity index (χ0v) is 30.8. The van der Waals surface area contributed by atoms with Crippen LogP contribution in [0, 0.1) is 11.8 Å². The van der Waals surface area contributed by atoms with Crippen LogP contribution in [0.2, 0.25) is 0 Å². The van der Waals surface area contributed by atoms with Crippen LogP contribution in [0.15, 0.2) is 98.1 Å². The molecule has 6 rings (SSSR count). The van der Waals surface area contributed by atoms with Crippen LogP contribution in [0.1, 0.15) is 63.5 Å². The SMILES string of the molecule is C=CCCC(=O)N(C)[C@H](C)[C@H](OC(=O)[C@@H]1[C@@H]2CC[C@]3(O2)[C@H](C(=O)N(CC=C)c2ccc4ccccc4c2)N(CCCCCO)C(=O)[C@@H]13)c1ccccc1. The third-order valence-electron chi connectivity index (χ3n) is 11.4. The Morgan fingerprint density at radius 1 is 1.02 bits per heavy atom. The molecule has 1 N–H and O–H groups in total. The average molecular weight is 722 g/mol. The first kappa shape index (κ1) is 37.9. The lowest BCUT2D eigenvalue weighted by atomic mass is 9.70. The van der Waals surface area contributed by atoms with E-state index in [9.17, 15) is 24.3 Å². The van der Waals surface area contributed by atoms with Crippen LogP contribution >= 0.6 is 0 Å². The summed E-state index contributed by atoms with van der Waals surface area (Å²) in [6.07, 6.45) is 5.53. The van der Waals surface area contributed by atoms with Crippen LogP contribution in [-0.2, 0) is 28.7 Å². The number of carbonyl (C=O) groups excluding carboxylic acids is 4. The Morgan fingerprint density at radius 3 is 2.47 bits per heavy atom. The maximum atomic E-state index is 15.0. The van der Waals surface area contributed by atoms with Gasteiger partial charge in [-0.2, -0.15) is 0 Å². The molecule has 3 aromatic rings. The van der Waals surface area contributed by atoms with Crippen molar-refractivity contribution in [1.29, 1.82) is 0 Å². The van der Waals surface area contributed by atoms with Gasteiger partial charge in [0.25, 0.3) is 5.91 Å². The molecule has 2 bridgehead atoms. The third-order valence-corrected chi connectivity index (χ3v) is 11.4. The summed E-state index contributed by atoms with van der Waals surface area (Å²) in [4.78, 5) is 62.1. The second-order valence-corrected chi connectivity index (χ2v) is 14.5. The van der Waals surface area contributed by atoms with E-state index >= 15 is 0 Å². The number of aliphatic hydroxyl groups excluding tert-OH is 1. The number of anilines is 1. The Bertz CT molecular complexity index is 1830. The van der Waals surface area contributed by atoms with Gasteiger partial charge in [0, 0.05) is 38.9 Å². The molecule has 0 radical (unpaired) electrons. The highest BCUT2D eigenvalue weighted by atomic mass is 16.6. The van der Waals surface area contributed by atoms with E-state index in [-0.39, 0.29) is 43.8 Å². The minimum absolute atomic E-state index is 0.0344. The molecule has 3 heterocycles. The van der Waals surface area contributed by atoms with Gasteiger partial charge in [-0.15, -0.1) is 13.2 Å². The molecule has 0 aromatic heterocycles. The first-order chi connectivity index (χ1) is 25.7. The van der Waals surface area contributed by atoms with Crippen molar-refractivity contribution < 1.29 is 33.8 Å². The number of esters is 1. The lowest BCUT2D eigenvalue weighted by Crippen LogP contribution is -2.56. The number of amides is 3. The number of unbranched alkanes of at least 4 members (excludes halogenated alkanes) is 2. The van der Waals surface area contributed by atoms with E-state index in [1.807, 2.05) is 79.7 Å². The third kappa shape index (κ3) is 7.27. The summed E-state index contributed by atoms with van der Waals surface area (Å²) in [7, 11) is 1.70. The normalized spacial score (nSPS) is 24.1. The van der Waals surface area contributed by atoms with Crippen molar-refractivity contribution in [3.8, 4) is 0 Å². The van der Waals surface area contributed by atoms with E-state index < -0.39 is 47.7 Å². The minimum Gasteiger partial charge on any atom is -0.455 e. The fourth-order valence-electron chi connectivity index (χ4n) is 8.58. The van der Waals surface area contributed by atoms with Gasteiger partial charge in [0.2, 0.25) is 11.8 Å². The maximum absolute atomic E-state index is 15.0. The predicted octanol–water partition coefficient (Wildman–Crippen LogP) is 5.99. The van der Waals surface area contributed by atoms with E-state index in [2.05, 4.69) is 13.2 Å². The number of carbonyl (C=O) groups is 4. The van der Waals surface area contributed by atoms with Crippen LogP contribution < -0.4 is 4.90 Å². The molecule has 10 heteroatoms. The Labute approximate surface area is 312 Å². The fraction of sp³-hybridized carbons (Fsp3) is 0.442. The molecule has 10 nitrogen and oxygen atoms in total. The lowest BCUT2D eigenvalue weighted by molar-refractivity contribution is -0.164. The first-order valence-electron chi connectivity index (χ1n) is 18.8. The van der Waals surface area contributed by atoms with Crippen molar-refractivity contribution in [2.24, 2.45) is 11.8 Å². The van der Waals surface area contributed by atoms with Crippen molar-refractivity contribution in [3.05, 3.63) is 104 Å². The molecular formula is C43H51N3O7. The summed E-state index contributed by atoms with van der Waals surface area (Å²) < 4.78 is 13.1. The van der Waals surface area contributed by atoms with Gasteiger partial charge >= 0.3 is 5.97 Å². The summed E-state index contributed by atoms with van der Waals surface area (Å²) in [5.74, 6) is -3.10. The van der Waals surface area contributed by atoms with E-state index in [4.69, 9.17) is 9.47 Å². The summed E-state index contributed by atoms with van der Waals surface area (Å²) in [6, 6.07) is 21.6. The molecule has 3 amide bonds. The molecule has 0 unspecified atom stereocenters. The molecule has 3 aromatic carbocycles. The van der Waals surface area contributed by atoms with Crippen molar-refractivity contribution >= 4 is 40.2 Å². The number of benzene rings is 3. The summed E-state index contributed by atoms with van der Waals surface area (Å²) in [6.45, 7) is 10.0. The summed E-state index contributed by atoms with van der Waals surface area (Å²) in [5.41, 5.74) is 0.180. The number of likely N-dealkylation sites (N-methyl/N-ethyl adjacent to an activating group) is 1. The molecule has 3 aliphatic rings. The van der Waals surface area contributed by atoms with Gasteiger partial charge in [-0.3, -0.25) is 19.2 Å². The van der Waals surface area contributed by atoms with E-state index in [0.717, 1.165) is 16.3 Å². The number of hydrogen-bond donors (Lipinski definition) is 1. The van der Waals surface area contributed by atoms with Gasteiger partial charge in [-0.1, -0.05) is 72.8 Å². The molecule has 1 spiro atoms. The Kier molecular flexibility index (Phi) is 11.8. The topological polar surface area (TPSA) is 117 Å². The van der Waals surface area contributed by atoms with Crippen LogP contribution in [0.4, 0.5) is 5.69 Å². The van der Waals surface area contributed by atoms with Crippen molar-refractivity contribution in [1.82, 2.24) is 9.80 Å². The monoisotopic (exact) mass is 721 g/mol. The van der Waals surface area contributed by atoms with E-state index in [1.54, 1.807) is 33.9 Å². The van der Waals surface area contributed by atoms with Crippen LogP contribution in [0.25, 0.3) is 10.8 Å². The van der Waals surface area contributed by atoms with Gasteiger partial charge in [0.05, 0.1) is 24.0 Å². The zero-order valence-electron chi connectivity index (χ0n) is 30.8. The van der Waals surface area contributed by atoms with Gasteiger partial charge in [0.1, 0.15) is 17.7 Å². The van der Waals surface area contributed by atoms with E-state index in [1.165, 1.54) is 0 Å². The second kappa shape index (κ2) is 16.5. The molecule has 3 fully saturated rings. The fourth-order valence-corrected chi connectivity index (χ4v) is 8.58. The highest BCUT2D eigenvalue weighted by molar-refractivity contribution is 6.05. The quantitative estimate of drug-likeness (QED) is 0.103. The molecular weight excluding hydrogens is 670 g/mol. The molecule has 3 aliphatic heterocycles. The number of likely N-dealkylation sites (tertiary alicyclic amines) is 1. The Hall–Kier alpha value is -4.80. The first-order valence-corrected chi connectivity index (χ1v) is 18.8. The van der Waals surface area contributed by atoms with E-state index in [0.29, 0.717) is 44.2 Å². The maximum Gasteiger partial charge on any atom is 0.313 e. The standard InChI is InChI=1S/C43H51N3O7/c1-5-7-20-35(48)44(4)29(3)38(31-17-10-8-11-18-31)52-42(51)36-34-23-24-43(53-34)37(36)40(49)46(26-14-9-15-27-47)39(43)41(50)45(25-6-2)33-22-21-30-16-12-13-19-32(30)28-33/h5-6,8,10-13,16-19,21-22,28-29,34,36-39,47H,1-2,7,9,14-15,20,23-27H2,3-4H3/t29-,34+,36-,37-,38+,39+,43-/m1/s1. The molecule has 0 aliphatic carbocycles. The van der Waals surface area contributed by atoms with Gasteiger partial charge in [-0.25, -0.2) is 0 Å². The second-order valence-electron chi connectivity index (χ2n) is 14.5. The van der Waals surface area contributed by atoms with Crippen molar-refractivity contribution in [2.45, 2.75) is 81.8 Å². The Balaban J connectivity index is 1.33. The highest BCUT2D eigenvalue weighted by Crippen LogP contribution is 2.59. The number of fused-ring (bicyclic) bond motifs is 2. The molecule has 280 valence electrons. The Morgan fingerprint density at radius 2 is 1.75 bits per heavy atom. The minimum atomic E-state index is -1.22. The van der Waals surface area contributed by atoms with Crippen LogP contribution in [0.3, 0.4) is 0 Å².